The number of ether oxygens (including phenoxy) is 2. The molecule has 1 aliphatic carbocycles. The molecule has 2 aliphatic rings. The van der Waals surface area contributed by atoms with Gasteiger partial charge in [-0.2, -0.15) is 0 Å². The van der Waals surface area contributed by atoms with Crippen molar-refractivity contribution in [2.24, 2.45) is 5.92 Å². The number of benzene rings is 1. The van der Waals surface area contributed by atoms with Crippen LogP contribution in [-0.4, -0.2) is 53.3 Å². The number of carbonyl (C=O) groups excluding carboxylic acids is 1. The fourth-order valence-electron chi connectivity index (χ4n) is 4.94. The predicted octanol–water partition coefficient (Wildman–Crippen LogP) is 4.15. The van der Waals surface area contributed by atoms with Gasteiger partial charge in [-0.25, -0.2) is 19.7 Å². The highest BCUT2D eigenvalue weighted by Gasteiger charge is 2.30. The van der Waals surface area contributed by atoms with Crippen molar-refractivity contribution in [3.63, 3.8) is 0 Å². The number of pyridine rings is 1. The van der Waals surface area contributed by atoms with Gasteiger partial charge in [-0.05, 0) is 68.2 Å². The number of fused-ring (bicyclic) bond motifs is 2. The SMILES string of the molecule is COC(=O)[C@H](CCOC1CC(CCc2ccc3c(n2)NCCC3)C1)Nc1ncnc2ccccc12. The van der Waals surface area contributed by atoms with Gasteiger partial charge in [0.1, 0.15) is 24.0 Å². The molecule has 8 heteroatoms. The Bertz CT molecular complexity index is 1160. The van der Waals surface area contributed by atoms with Crippen LogP contribution >= 0.6 is 0 Å². The molecule has 1 saturated carbocycles. The fraction of sp³-hybridized carbons (Fsp3) is 0.481. The van der Waals surface area contributed by atoms with E-state index in [-0.39, 0.29) is 12.1 Å². The first-order valence-electron chi connectivity index (χ1n) is 12.6. The van der Waals surface area contributed by atoms with E-state index in [9.17, 15) is 4.79 Å². The lowest BCUT2D eigenvalue weighted by Gasteiger charge is -2.35. The van der Waals surface area contributed by atoms with Crippen LogP contribution in [0.3, 0.4) is 0 Å². The molecule has 5 rings (SSSR count). The minimum atomic E-state index is -0.530. The Morgan fingerprint density at radius 1 is 1.20 bits per heavy atom. The molecule has 1 atom stereocenters. The van der Waals surface area contributed by atoms with Gasteiger partial charge in [0.15, 0.2) is 0 Å². The average molecular weight is 476 g/mol. The zero-order chi connectivity index (χ0) is 24.0. The molecular formula is C27H33N5O3. The van der Waals surface area contributed by atoms with Gasteiger partial charge in [-0.1, -0.05) is 18.2 Å². The Balaban J connectivity index is 1.06. The minimum absolute atomic E-state index is 0.260. The van der Waals surface area contributed by atoms with Crippen LogP contribution in [0.2, 0.25) is 0 Å². The molecule has 0 radical (unpaired) electrons. The highest BCUT2D eigenvalue weighted by Crippen LogP contribution is 2.34. The maximum Gasteiger partial charge on any atom is 0.328 e. The first kappa shape index (κ1) is 23.5. The first-order valence-corrected chi connectivity index (χ1v) is 12.6. The molecule has 3 aromatic rings. The molecular weight excluding hydrogens is 442 g/mol. The molecule has 3 heterocycles. The molecule has 8 nitrogen and oxygen atoms in total. The highest BCUT2D eigenvalue weighted by molar-refractivity contribution is 5.90. The van der Waals surface area contributed by atoms with Gasteiger partial charge in [-0.3, -0.25) is 0 Å². The smallest absolute Gasteiger partial charge is 0.328 e. The number of nitrogens with one attached hydrogen (secondary N) is 2. The summed E-state index contributed by atoms with van der Waals surface area (Å²) in [6.07, 6.45) is 8.86. The summed E-state index contributed by atoms with van der Waals surface area (Å²) in [5.41, 5.74) is 3.34. The summed E-state index contributed by atoms with van der Waals surface area (Å²) in [6.45, 7) is 1.51. The number of rotatable bonds is 10. The first-order chi connectivity index (χ1) is 17.2. The van der Waals surface area contributed by atoms with E-state index in [0.29, 0.717) is 24.8 Å². The average Bonchev–Trinajstić information content (AvgIpc) is 2.88. The normalized spacial score (nSPS) is 19.8. The number of nitrogens with zero attached hydrogens (tertiary/aromatic N) is 3. The predicted molar refractivity (Wildman–Crippen MR) is 135 cm³/mol. The van der Waals surface area contributed by atoms with Crippen LogP contribution in [0.25, 0.3) is 10.9 Å². The number of hydrogen-bond donors (Lipinski definition) is 2. The fourth-order valence-corrected chi connectivity index (χ4v) is 4.94. The number of hydrogen-bond acceptors (Lipinski definition) is 8. The highest BCUT2D eigenvalue weighted by atomic mass is 16.5. The standard InChI is InChI=1S/C27H33N5O3/c1-34-27(33)24(32-26-22-6-2-3-7-23(22)29-17-30-26)12-14-35-21-15-18(16-21)8-10-20-11-9-19-5-4-13-28-25(19)31-20/h2-3,6-7,9,11,17-18,21,24H,4-5,8,10,12-16H2,1H3,(H,28,31)(H,29,30,32)/t18?,21?,24-/m0/s1. The molecule has 0 bridgehead atoms. The molecule has 0 unspecified atom stereocenters. The van der Waals surface area contributed by atoms with Crippen LogP contribution in [0.1, 0.15) is 43.4 Å². The van der Waals surface area contributed by atoms with Gasteiger partial charge < -0.3 is 20.1 Å². The Hall–Kier alpha value is -3.26. The Labute approximate surface area is 205 Å². The molecule has 2 aromatic heterocycles. The Morgan fingerprint density at radius 2 is 2.09 bits per heavy atom. The maximum atomic E-state index is 12.4. The zero-order valence-electron chi connectivity index (χ0n) is 20.2. The van der Waals surface area contributed by atoms with Gasteiger partial charge in [0.25, 0.3) is 0 Å². The second kappa shape index (κ2) is 11.0. The lowest BCUT2D eigenvalue weighted by Crippen LogP contribution is -2.35. The van der Waals surface area contributed by atoms with Crippen LogP contribution in [0.15, 0.2) is 42.7 Å². The zero-order valence-corrected chi connectivity index (χ0v) is 20.2. The van der Waals surface area contributed by atoms with Crippen LogP contribution in [0, 0.1) is 5.92 Å². The van der Waals surface area contributed by atoms with Crippen molar-refractivity contribution in [1.29, 1.82) is 0 Å². The topological polar surface area (TPSA) is 98.3 Å². The van der Waals surface area contributed by atoms with Crippen LogP contribution in [-0.2, 0) is 27.1 Å². The largest absolute Gasteiger partial charge is 0.467 e. The minimum Gasteiger partial charge on any atom is -0.467 e. The molecule has 1 aliphatic heterocycles. The van der Waals surface area contributed by atoms with Gasteiger partial charge in [0, 0.05) is 30.7 Å². The summed E-state index contributed by atoms with van der Waals surface area (Å²) in [7, 11) is 1.40. The van der Waals surface area contributed by atoms with Crippen molar-refractivity contribution in [2.75, 3.05) is 30.9 Å². The summed E-state index contributed by atoms with van der Waals surface area (Å²) in [4.78, 5) is 25.8. The third-order valence-corrected chi connectivity index (χ3v) is 7.05. The summed E-state index contributed by atoms with van der Waals surface area (Å²) in [5.74, 6) is 2.05. The molecule has 0 amide bonds. The summed E-state index contributed by atoms with van der Waals surface area (Å²) >= 11 is 0. The summed E-state index contributed by atoms with van der Waals surface area (Å²) in [6, 6.07) is 11.6. The molecule has 0 spiro atoms. The molecule has 1 fully saturated rings. The second-order valence-corrected chi connectivity index (χ2v) is 9.46. The number of para-hydroxylation sites is 1. The summed E-state index contributed by atoms with van der Waals surface area (Å²) in [5, 5.41) is 7.52. The van der Waals surface area contributed by atoms with E-state index in [4.69, 9.17) is 14.5 Å². The van der Waals surface area contributed by atoms with E-state index >= 15 is 0 Å². The quantitative estimate of drug-likeness (QED) is 0.422. The van der Waals surface area contributed by atoms with Gasteiger partial charge in [0.2, 0.25) is 0 Å². The number of esters is 1. The Morgan fingerprint density at radius 3 is 2.97 bits per heavy atom. The molecule has 35 heavy (non-hydrogen) atoms. The number of carbonyl (C=O) groups is 1. The number of aromatic nitrogens is 3. The van der Waals surface area contributed by atoms with Gasteiger partial charge >= 0.3 is 5.97 Å². The maximum absolute atomic E-state index is 12.4. The van der Waals surface area contributed by atoms with Gasteiger partial charge in [-0.15, -0.1) is 0 Å². The van der Waals surface area contributed by atoms with Crippen molar-refractivity contribution < 1.29 is 14.3 Å². The van der Waals surface area contributed by atoms with Gasteiger partial charge in [0.05, 0.1) is 18.7 Å². The third-order valence-electron chi connectivity index (χ3n) is 7.05. The van der Waals surface area contributed by atoms with Crippen molar-refractivity contribution in [3.8, 4) is 0 Å². The molecule has 1 aromatic carbocycles. The number of methoxy groups -OCH3 is 1. The monoisotopic (exact) mass is 475 g/mol. The van der Waals surface area contributed by atoms with Crippen LogP contribution < -0.4 is 10.6 Å². The van der Waals surface area contributed by atoms with Crippen LogP contribution in [0.5, 0.6) is 0 Å². The second-order valence-electron chi connectivity index (χ2n) is 9.46. The molecule has 2 N–H and O–H groups in total. The Kier molecular flexibility index (Phi) is 7.37. The van der Waals surface area contributed by atoms with E-state index in [1.54, 1.807) is 0 Å². The number of aryl methyl sites for hydroxylation is 2. The van der Waals surface area contributed by atoms with E-state index < -0.39 is 6.04 Å². The lowest BCUT2D eigenvalue weighted by molar-refractivity contribution is -0.142. The van der Waals surface area contributed by atoms with E-state index in [2.05, 4.69) is 32.7 Å². The molecule has 0 saturated heterocycles. The van der Waals surface area contributed by atoms with E-state index in [1.807, 2.05) is 24.3 Å². The van der Waals surface area contributed by atoms with Crippen molar-refractivity contribution in [3.05, 3.63) is 54.0 Å². The van der Waals surface area contributed by atoms with E-state index in [0.717, 1.165) is 55.4 Å². The van der Waals surface area contributed by atoms with E-state index in [1.165, 1.54) is 31.1 Å². The van der Waals surface area contributed by atoms with Crippen molar-refractivity contribution in [2.45, 2.75) is 57.1 Å². The lowest BCUT2D eigenvalue weighted by atomic mass is 9.79. The van der Waals surface area contributed by atoms with Crippen molar-refractivity contribution >= 4 is 28.5 Å². The number of anilines is 2. The summed E-state index contributed by atoms with van der Waals surface area (Å²) < 4.78 is 11.1. The van der Waals surface area contributed by atoms with Crippen LogP contribution in [0.4, 0.5) is 11.6 Å². The van der Waals surface area contributed by atoms with Crippen molar-refractivity contribution in [1.82, 2.24) is 15.0 Å². The molecule has 184 valence electrons. The third kappa shape index (κ3) is 5.70.